The Balaban J connectivity index is 1.52. The van der Waals surface area contributed by atoms with E-state index in [2.05, 4.69) is 5.32 Å². The van der Waals surface area contributed by atoms with Crippen LogP contribution in [0.4, 0.5) is 10.1 Å². The first kappa shape index (κ1) is 20.5. The topological polar surface area (TPSA) is 75.4 Å². The molecule has 2 aromatic rings. The molecule has 0 saturated heterocycles. The predicted molar refractivity (Wildman–Crippen MR) is 114 cm³/mol. The molecule has 30 heavy (non-hydrogen) atoms. The lowest BCUT2D eigenvalue weighted by molar-refractivity contribution is -0.136. The number of carbonyl (C=O) groups excluding carboxylic acids is 2. The third kappa shape index (κ3) is 4.87. The van der Waals surface area contributed by atoms with Crippen molar-refractivity contribution in [3.05, 3.63) is 65.5 Å². The van der Waals surface area contributed by atoms with Crippen LogP contribution in [0.3, 0.4) is 0 Å². The van der Waals surface area contributed by atoms with Gasteiger partial charge in [-0.25, -0.2) is 4.39 Å². The summed E-state index contributed by atoms with van der Waals surface area (Å²) >= 11 is 0. The van der Waals surface area contributed by atoms with E-state index in [0.29, 0.717) is 17.8 Å². The van der Waals surface area contributed by atoms with E-state index in [9.17, 15) is 14.0 Å². The molecule has 0 radical (unpaired) electrons. The minimum atomic E-state index is -0.381. The molecule has 0 aliphatic heterocycles. The van der Waals surface area contributed by atoms with Gasteiger partial charge < -0.3 is 16.0 Å². The Morgan fingerprint density at radius 3 is 2.30 bits per heavy atom. The van der Waals surface area contributed by atoms with Gasteiger partial charge in [-0.05, 0) is 74.4 Å². The molecule has 0 unspecified atom stereocenters. The first-order chi connectivity index (χ1) is 14.5. The third-order valence-electron chi connectivity index (χ3n) is 6.10. The Bertz CT molecular complexity index is 903. The number of nitrogens with zero attached hydrogens (tertiary/aromatic N) is 1. The van der Waals surface area contributed by atoms with Crippen LogP contribution in [0.25, 0.3) is 0 Å². The highest BCUT2D eigenvalue weighted by atomic mass is 19.1. The second kappa shape index (κ2) is 8.96. The lowest BCUT2D eigenvalue weighted by Crippen LogP contribution is -2.44. The lowest BCUT2D eigenvalue weighted by atomic mass is 9.90. The van der Waals surface area contributed by atoms with Gasteiger partial charge in [0.1, 0.15) is 5.82 Å². The fourth-order valence-electron chi connectivity index (χ4n) is 4.12. The summed E-state index contributed by atoms with van der Waals surface area (Å²) in [5.41, 5.74) is 8.03. The Morgan fingerprint density at radius 2 is 1.63 bits per heavy atom. The number of nitrogens with one attached hydrogen (secondary N) is 1. The molecule has 0 atom stereocenters. The van der Waals surface area contributed by atoms with Crippen LogP contribution in [-0.4, -0.2) is 28.8 Å². The van der Waals surface area contributed by atoms with Gasteiger partial charge in [0.2, 0.25) is 5.91 Å². The van der Waals surface area contributed by atoms with E-state index in [4.69, 9.17) is 5.73 Å². The Kier molecular flexibility index (Phi) is 6.13. The minimum absolute atomic E-state index is 0.140. The standard InChI is InChI=1S/C24H28FN3O2/c25-19-9-7-16(8-10-19)23(29)27-22-4-2-1-3-18(22)15-28(24(30)17-5-6-17)21-13-11-20(26)12-14-21/h1-4,7-10,17,20-21H,5-6,11-15,26H2,(H,27,29). The quantitative estimate of drug-likeness (QED) is 0.755. The molecule has 2 fully saturated rings. The van der Waals surface area contributed by atoms with Crippen LogP contribution in [0.2, 0.25) is 0 Å². The average molecular weight is 410 g/mol. The molecule has 5 nitrogen and oxygen atoms in total. The molecule has 2 saturated carbocycles. The zero-order valence-corrected chi connectivity index (χ0v) is 17.0. The Labute approximate surface area is 176 Å². The summed E-state index contributed by atoms with van der Waals surface area (Å²) < 4.78 is 13.2. The normalized spacial score (nSPS) is 21.1. The highest BCUT2D eigenvalue weighted by molar-refractivity contribution is 6.04. The van der Waals surface area contributed by atoms with Crippen molar-refractivity contribution in [2.45, 2.75) is 57.2 Å². The molecular weight excluding hydrogens is 381 g/mol. The van der Waals surface area contributed by atoms with E-state index in [1.807, 2.05) is 29.2 Å². The molecule has 4 rings (SSSR count). The smallest absolute Gasteiger partial charge is 0.255 e. The van der Waals surface area contributed by atoms with Crippen molar-refractivity contribution in [3.8, 4) is 0 Å². The number of hydrogen-bond acceptors (Lipinski definition) is 3. The van der Waals surface area contributed by atoms with Crippen LogP contribution in [0, 0.1) is 11.7 Å². The number of benzene rings is 2. The van der Waals surface area contributed by atoms with Gasteiger partial charge >= 0.3 is 0 Å². The summed E-state index contributed by atoms with van der Waals surface area (Å²) in [7, 11) is 0. The lowest BCUT2D eigenvalue weighted by Gasteiger charge is -2.36. The van der Waals surface area contributed by atoms with Crippen molar-refractivity contribution in [3.63, 3.8) is 0 Å². The number of amides is 2. The molecule has 0 spiro atoms. The first-order valence-corrected chi connectivity index (χ1v) is 10.7. The molecule has 158 valence electrons. The number of hydrogen-bond donors (Lipinski definition) is 2. The zero-order chi connectivity index (χ0) is 21.1. The second-order valence-electron chi connectivity index (χ2n) is 8.43. The van der Waals surface area contributed by atoms with Crippen LogP contribution >= 0.6 is 0 Å². The van der Waals surface area contributed by atoms with Crippen molar-refractivity contribution < 1.29 is 14.0 Å². The summed E-state index contributed by atoms with van der Waals surface area (Å²) in [5.74, 6) is -0.323. The summed E-state index contributed by atoms with van der Waals surface area (Å²) in [6.07, 6.45) is 5.63. The highest BCUT2D eigenvalue weighted by Gasteiger charge is 2.37. The maximum absolute atomic E-state index is 13.2. The molecule has 0 aromatic heterocycles. The predicted octanol–water partition coefficient (Wildman–Crippen LogP) is 4.09. The van der Waals surface area contributed by atoms with Crippen molar-refractivity contribution in [2.24, 2.45) is 11.7 Å². The largest absolute Gasteiger partial charge is 0.335 e. The molecule has 2 amide bonds. The van der Waals surface area contributed by atoms with Crippen molar-refractivity contribution in [1.29, 1.82) is 0 Å². The number of nitrogens with two attached hydrogens (primary N) is 1. The van der Waals surface area contributed by atoms with Crippen molar-refractivity contribution in [2.75, 3.05) is 5.32 Å². The van der Waals surface area contributed by atoms with E-state index < -0.39 is 0 Å². The Morgan fingerprint density at radius 1 is 0.967 bits per heavy atom. The van der Waals surface area contributed by atoms with Crippen molar-refractivity contribution >= 4 is 17.5 Å². The highest BCUT2D eigenvalue weighted by Crippen LogP contribution is 2.35. The second-order valence-corrected chi connectivity index (χ2v) is 8.43. The monoisotopic (exact) mass is 409 g/mol. The molecule has 0 heterocycles. The summed E-state index contributed by atoms with van der Waals surface area (Å²) in [4.78, 5) is 27.7. The van der Waals surface area contributed by atoms with Gasteiger partial charge in [-0.2, -0.15) is 0 Å². The van der Waals surface area contributed by atoms with E-state index in [1.54, 1.807) is 0 Å². The molecule has 3 N–H and O–H groups in total. The summed E-state index contributed by atoms with van der Waals surface area (Å²) in [6, 6.07) is 13.4. The van der Waals surface area contributed by atoms with Crippen LogP contribution < -0.4 is 11.1 Å². The molecule has 0 bridgehead atoms. The number of anilines is 1. The summed E-state index contributed by atoms with van der Waals surface area (Å²) in [5, 5.41) is 2.93. The minimum Gasteiger partial charge on any atom is -0.335 e. The van der Waals surface area contributed by atoms with Crippen LogP contribution in [0.5, 0.6) is 0 Å². The molecule has 6 heteroatoms. The maximum Gasteiger partial charge on any atom is 0.255 e. The number of halogens is 1. The van der Waals surface area contributed by atoms with Gasteiger partial charge in [0.25, 0.3) is 5.91 Å². The molecular formula is C24H28FN3O2. The molecule has 2 aliphatic carbocycles. The molecule has 2 aliphatic rings. The van der Waals surface area contributed by atoms with Gasteiger partial charge in [0, 0.05) is 35.8 Å². The van der Waals surface area contributed by atoms with E-state index >= 15 is 0 Å². The maximum atomic E-state index is 13.2. The van der Waals surface area contributed by atoms with Gasteiger partial charge in [0.05, 0.1) is 0 Å². The summed E-state index contributed by atoms with van der Waals surface area (Å²) in [6.45, 7) is 0.467. The first-order valence-electron chi connectivity index (χ1n) is 10.7. The van der Waals surface area contributed by atoms with E-state index in [1.165, 1.54) is 24.3 Å². The SMILES string of the molecule is NC1CCC(N(Cc2ccccc2NC(=O)c2ccc(F)cc2)C(=O)C2CC2)CC1. The van der Waals surface area contributed by atoms with Crippen LogP contribution in [0.15, 0.2) is 48.5 Å². The average Bonchev–Trinajstić information content (AvgIpc) is 3.59. The fraction of sp³-hybridized carbons (Fsp3) is 0.417. The van der Waals surface area contributed by atoms with Gasteiger partial charge in [0.15, 0.2) is 0 Å². The van der Waals surface area contributed by atoms with Crippen LogP contribution in [-0.2, 0) is 11.3 Å². The fourth-order valence-corrected chi connectivity index (χ4v) is 4.12. The number of rotatable bonds is 6. The Hall–Kier alpha value is -2.73. The van der Waals surface area contributed by atoms with E-state index in [0.717, 1.165) is 44.1 Å². The van der Waals surface area contributed by atoms with Gasteiger partial charge in [-0.15, -0.1) is 0 Å². The number of carbonyl (C=O) groups is 2. The van der Waals surface area contributed by atoms with Crippen molar-refractivity contribution in [1.82, 2.24) is 4.90 Å². The molecule has 2 aromatic carbocycles. The van der Waals surface area contributed by atoms with Crippen LogP contribution in [0.1, 0.15) is 54.4 Å². The van der Waals surface area contributed by atoms with Gasteiger partial charge in [-0.1, -0.05) is 18.2 Å². The number of para-hydroxylation sites is 1. The van der Waals surface area contributed by atoms with E-state index in [-0.39, 0.29) is 35.6 Å². The third-order valence-corrected chi connectivity index (χ3v) is 6.10. The zero-order valence-electron chi connectivity index (χ0n) is 17.0. The van der Waals surface area contributed by atoms with Gasteiger partial charge in [-0.3, -0.25) is 9.59 Å².